The van der Waals surface area contributed by atoms with Crippen LogP contribution in [0.25, 0.3) is 16.9 Å². The summed E-state index contributed by atoms with van der Waals surface area (Å²) in [6.07, 6.45) is 0. The summed E-state index contributed by atoms with van der Waals surface area (Å²) in [7, 11) is 3.22. The van der Waals surface area contributed by atoms with Gasteiger partial charge < -0.3 is 14.4 Å². The lowest BCUT2D eigenvalue weighted by Crippen LogP contribution is -2.37. The molecule has 0 atom stereocenters. The molecule has 3 rings (SSSR count). The Balaban J connectivity index is 2.05. The van der Waals surface area contributed by atoms with Crippen molar-refractivity contribution in [3.8, 4) is 16.9 Å². The zero-order valence-corrected chi connectivity index (χ0v) is 16.1. The molecule has 1 amide bonds. The Hall–Kier alpha value is -3.03. The summed E-state index contributed by atoms with van der Waals surface area (Å²) >= 11 is 0. The van der Waals surface area contributed by atoms with Gasteiger partial charge in [0.1, 0.15) is 5.69 Å². The Morgan fingerprint density at radius 3 is 2.07 bits per heavy atom. The maximum atomic E-state index is 13.3. The molecular weight excluding hydrogens is 356 g/mol. The predicted octanol–water partition coefficient (Wildman–Crippen LogP) is 2.67. The molecule has 146 valence electrons. The number of aromatic nitrogens is 3. The van der Waals surface area contributed by atoms with Crippen LogP contribution in [0.4, 0.5) is 0 Å². The van der Waals surface area contributed by atoms with E-state index >= 15 is 0 Å². The number of carbonyl (C=O) groups excluding carboxylic acids is 1. The highest BCUT2D eigenvalue weighted by Crippen LogP contribution is 2.26. The van der Waals surface area contributed by atoms with Crippen molar-refractivity contribution in [3.05, 3.63) is 66.4 Å². The molecule has 3 aromatic rings. The van der Waals surface area contributed by atoms with Crippen LogP contribution >= 0.6 is 0 Å². The Bertz CT molecular complexity index is 873. The van der Waals surface area contributed by atoms with Crippen molar-refractivity contribution in [2.24, 2.45) is 0 Å². The standard InChI is InChI=1S/C21H24N4O3/c1-27-15-13-24(14-16-28-2)21(26)19-20(17-9-5-3-6-10-17)25(23-22-19)18-11-7-4-8-12-18/h3-12H,13-16H2,1-2H3. The SMILES string of the molecule is COCCN(CCOC)C(=O)c1nnn(-c2ccccc2)c1-c1ccccc1. The van der Waals surface area contributed by atoms with E-state index in [1.54, 1.807) is 23.8 Å². The van der Waals surface area contributed by atoms with Crippen molar-refractivity contribution in [2.75, 3.05) is 40.5 Å². The fourth-order valence-electron chi connectivity index (χ4n) is 2.90. The van der Waals surface area contributed by atoms with Crippen molar-refractivity contribution in [1.82, 2.24) is 19.9 Å². The van der Waals surface area contributed by atoms with E-state index in [-0.39, 0.29) is 5.91 Å². The number of methoxy groups -OCH3 is 2. The van der Waals surface area contributed by atoms with Gasteiger partial charge in [-0.2, -0.15) is 0 Å². The summed E-state index contributed by atoms with van der Waals surface area (Å²) in [4.78, 5) is 15.0. The number of carbonyl (C=O) groups is 1. The zero-order valence-electron chi connectivity index (χ0n) is 16.1. The van der Waals surface area contributed by atoms with Crippen LogP contribution in [0.15, 0.2) is 60.7 Å². The maximum absolute atomic E-state index is 13.3. The van der Waals surface area contributed by atoms with E-state index in [9.17, 15) is 4.79 Å². The van der Waals surface area contributed by atoms with E-state index in [1.165, 1.54) is 0 Å². The smallest absolute Gasteiger partial charge is 0.276 e. The molecule has 7 nitrogen and oxygen atoms in total. The molecule has 2 aromatic carbocycles. The molecule has 0 saturated carbocycles. The largest absolute Gasteiger partial charge is 0.383 e. The first-order valence-electron chi connectivity index (χ1n) is 9.10. The third kappa shape index (κ3) is 4.44. The Labute approximate surface area is 164 Å². The molecule has 0 radical (unpaired) electrons. The first kappa shape index (κ1) is 19.7. The molecule has 0 aliphatic carbocycles. The van der Waals surface area contributed by atoms with Gasteiger partial charge in [0.05, 0.1) is 18.9 Å². The van der Waals surface area contributed by atoms with E-state index < -0.39 is 0 Å². The van der Waals surface area contributed by atoms with Crippen molar-refractivity contribution in [1.29, 1.82) is 0 Å². The molecular formula is C21H24N4O3. The highest BCUT2D eigenvalue weighted by atomic mass is 16.5. The van der Waals surface area contributed by atoms with Gasteiger partial charge >= 0.3 is 0 Å². The number of rotatable bonds is 9. The second-order valence-electron chi connectivity index (χ2n) is 6.18. The third-order valence-electron chi connectivity index (χ3n) is 4.34. The highest BCUT2D eigenvalue weighted by molar-refractivity contribution is 5.98. The molecule has 0 aliphatic heterocycles. The molecule has 0 unspecified atom stereocenters. The normalized spacial score (nSPS) is 10.8. The number of nitrogens with zero attached hydrogens (tertiary/aromatic N) is 4. The number of amides is 1. The monoisotopic (exact) mass is 380 g/mol. The number of benzene rings is 2. The molecule has 0 aliphatic rings. The van der Waals surface area contributed by atoms with Crippen LogP contribution in [0, 0.1) is 0 Å². The topological polar surface area (TPSA) is 69.5 Å². The molecule has 0 fully saturated rings. The molecule has 7 heteroatoms. The fourth-order valence-corrected chi connectivity index (χ4v) is 2.90. The minimum Gasteiger partial charge on any atom is -0.383 e. The van der Waals surface area contributed by atoms with Gasteiger partial charge in [-0.05, 0) is 12.1 Å². The first-order chi connectivity index (χ1) is 13.8. The Morgan fingerprint density at radius 2 is 1.50 bits per heavy atom. The Kier molecular flexibility index (Phi) is 6.89. The molecule has 0 spiro atoms. The lowest BCUT2D eigenvalue weighted by molar-refractivity contribution is 0.0622. The second-order valence-corrected chi connectivity index (χ2v) is 6.18. The lowest BCUT2D eigenvalue weighted by atomic mass is 10.1. The molecule has 0 bridgehead atoms. The summed E-state index contributed by atoms with van der Waals surface area (Å²) in [5, 5.41) is 8.53. The van der Waals surface area contributed by atoms with E-state index in [0.717, 1.165) is 11.3 Å². The number of para-hydroxylation sites is 1. The zero-order chi connectivity index (χ0) is 19.8. The summed E-state index contributed by atoms with van der Waals surface area (Å²) in [6.45, 7) is 1.77. The van der Waals surface area contributed by atoms with Crippen LogP contribution in [-0.4, -0.2) is 66.3 Å². The number of ether oxygens (including phenoxy) is 2. The van der Waals surface area contributed by atoms with Gasteiger partial charge in [0, 0.05) is 32.9 Å². The van der Waals surface area contributed by atoms with E-state index in [1.807, 2.05) is 60.7 Å². The van der Waals surface area contributed by atoms with Crippen LogP contribution in [0.3, 0.4) is 0 Å². The lowest BCUT2D eigenvalue weighted by Gasteiger charge is -2.21. The second kappa shape index (κ2) is 9.77. The van der Waals surface area contributed by atoms with E-state index in [2.05, 4.69) is 10.3 Å². The molecule has 0 N–H and O–H groups in total. The van der Waals surface area contributed by atoms with Crippen LogP contribution in [-0.2, 0) is 9.47 Å². The van der Waals surface area contributed by atoms with Crippen LogP contribution in [0.5, 0.6) is 0 Å². The average Bonchev–Trinajstić information content (AvgIpc) is 3.20. The molecule has 0 saturated heterocycles. The Morgan fingerprint density at radius 1 is 0.929 bits per heavy atom. The van der Waals surface area contributed by atoms with Gasteiger partial charge in [-0.25, -0.2) is 4.68 Å². The van der Waals surface area contributed by atoms with Gasteiger partial charge in [-0.15, -0.1) is 5.10 Å². The molecule has 1 aromatic heterocycles. The van der Waals surface area contributed by atoms with Crippen molar-refractivity contribution >= 4 is 5.91 Å². The summed E-state index contributed by atoms with van der Waals surface area (Å²) in [5.41, 5.74) is 2.69. The quantitative estimate of drug-likeness (QED) is 0.571. The van der Waals surface area contributed by atoms with Crippen LogP contribution in [0.1, 0.15) is 10.5 Å². The minimum atomic E-state index is -0.199. The van der Waals surface area contributed by atoms with Crippen LogP contribution < -0.4 is 0 Å². The molecule has 1 heterocycles. The predicted molar refractivity (Wildman–Crippen MR) is 106 cm³/mol. The van der Waals surface area contributed by atoms with Crippen LogP contribution in [0.2, 0.25) is 0 Å². The van der Waals surface area contributed by atoms with E-state index in [0.29, 0.717) is 37.7 Å². The van der Waals surface area contributed by atoms with E-state index in [4.69, 9.17) is 9.47 Å². The maximum Gasteiger partial charge on any atom is 0.276 e. The summed E-state index contributed by atoms with van der Waals surface area (Å²) in [5.74, 6) is -0.199. The van der Waals surface area contributed by atoms with Crippen molar-refractivity contribution < 1.29 is 14.3 Å². The highest BCUT2D eigenvalue weighted by Gasteiger charge is 2.26. The third-order valence-corrected chi connectivity index (χ3v) is 4.34. The fraction of sp³-hybridized carbons (Fsp3) is 0.286. The van der Waals surface area contributed by atoms with Gasteiger partial charge in [0.15, 0.2) is 5.69 Å². The minimum absolute atomic E-state index is 0.199. The van der Waals surface area contributed by atoms with Gasteiger partial charge in [-0.3, -0.25) is 4.79 Å². The molecule has 28 heavy (non-hydrogen) atoms. The number of hydrogen-bond donors (Lipinski definition) is 0. The summed E-state index contributed by atoms with van der Waals surface area (Å²) < 4.78 is 12.0. The average molecular weight is 380 g/mol. The van der Waals surface area contributed by atoms with Gasteiger partial charge in [0.25, 0.3) is 5.91 Å². The first-order valence-corrected chi connectivity index (χ1v) is 9.10. The van der Waals surface area contributed by atoms with Gasteiger partial charge in [-0.1, -0.05) is 53.7 Å². The number of hydrogen-bond acceptors (Lipinski definition) is 5. The van der Waals surface area contributed by atoms with Crippen molar-refractivity contribution in [3.63, 3.8) is 0 Å². The van der Waals surface area contributed by atoms with Gasteiger partial charge in [0.2, 0.25) is 0 Å². The van der Waals surface area contributed by atoms with Crippen molar-refractivity contribution in [2.45, 2.75) is 0 Å². The summed E-state index contributed by atoms with van der Waals surface area (Å²) in [6, 6.07) is 19.3.